The van der Waals surface area contributed by atoms with Gasteiger partial charge in [0.05, 0.1) is 0 Å². The SMILES string of the molecule is CCc1nc(S/C(=C\c2cn(Cc3cccc(Cl)c3)c3ccccc23)C(=O)O)n[nH]1. The number of hydrogen-bond donors (Lipinski definition) is 2. The number of para-hydroxylation sites is 1. The van der Waals surface area contributed by atoms with Gasteiger partial charge in [0.1, 0.15) is 10.7 Å². The van der Waals surface area contributed by atoms with E-state index in [1.54, 1.807) is 6.08 Å². The van der Waals surface area contributed by atoms with Gasteiger partial charge in [-0.05, 0) is 41.6 Å². The Morgan fingerprint density at radius 1 is 1.27 bits per heavy atom. The second-order valence-corrected chi connectivity index (χ2v) is 8.14. The summed E-state index contributed by atoms with van der Waals surface area (Å²) in [6.07, 6.45) is 4.34. The number of aryl methyl sites for hydroxylation is 1. The Morgan fingerprint density at radius 3 is 2.83 bits per heavy atom. The molecule has 152 valence electrons. The van der Waals surface area contributed by atoms with Gasteiger partial charge in [0.25, 0.3) is 0 Å². The number of nitrogens with zero attached hydrogens (tertiary/aromatic N) is 3. The number of thioether (sulfide) groups is 1. The Bertz CT molecular complexity index is 1240. The predicted octanol–water partition coefficient (Wildman–Crippen LogP) is 5.24. The number of halogens is 1. The third-order valence-corrected chi connectivity index (χ3v) is 5.72. The highest BCUT2D eigenvalue weighted by atomic mass is 35.5. The van der Waals surface area contributed by atoms with Gasteiger partial charge in [0, 0.05) is 40.7 Å². The zero-order valence-corrected chi connectivity index (χ0v) is 17.7. The summed E-state index contributed by atoms with van der Waals surface area (Å²) in [7, 11) is 0. The first-order valence-corrected chi connectivity index (χ1v) is 10.6. The van der Waals surface area contributed by atoms with E-state index in [1.807, 2.05) is 61.7 Å². The van der Waals surface area contributed by atoms with Crippen LogP contribution in [0.3, 0.4) is 0 Å². The summed E-state index contributed by atoms with van der Waals surface area (Å²) in [6, 6.07) is 15.6. The number of carboxylic acids is 1. The molecule has 6 nitrogen and oxygen atoms in total. The molecule has 8 heteroatoms. The zero-order chi connectivity index (χ0) is 21.1. The van der Waals surface area contributed by atoms with E-state index >= 15 is 0 Å². The van der Waals surface area contributed by atoms with Crippen LogP contribution in [0.1, 0.15) is 23.9 Å². The summed E-state index contributed by atoms with van der Waals surface area (Å²) in [6.45, 7) is 2.59. The Kier molecular flexibility index (Phi) is 5.92. The third-order valence-electron chi connectivity index (χ3n) is 4.61. The second-order valence-electron chi connectivity index (χ2n) is 6.69. The van der Waals surface area contributed by atoms with Crippen molar-refractivity contribution in [3.8, 4) is 0 Å². The topological polar surface area (TPSA) is 83.8 Å². The molecule has 4 aromatic rings. The van der Waals surface area contributed by atoms with E-state index in [1.165, 1.54) is 0 Å². The van der Waals surface area contributed by atoms with Crippen molar-refractivity contribution in [2.24, 2.45) is 0 Å². The summed E-state index contributed by atoms with van der Waals surface area (Å²) < 4.78 is 2.10. The van der Waals surface area contributed by atoms with Crippen molar-refractivity contribution in [1.29, 1.82) is 0 Å². The lowest BCUT2D eigenvalue weighted by Gasteiger charge is -2.05. The summed E-state index contributed by atoms with van der Waals surface area (Å²) >= 11 is 7.16. The first-order valence-electron chi connectivity index (χ1n) is 9.40. The number of hydrogen-bond acceptors (Lipinski definition) is 4. The van der Waals surface area contributed by atoms with E-state index in [0.717, 1.165) is 39.6 Å². The smallest absolute Gasteiger partial charge is 0.342 e. The number of carboxylic acid groups (broad SMARTS) is 1. The molecule has 0 saturated heterocycles. The van der Waals surface area contributed by atoms with E-state index in [0.29, 0.717) is 23.1 Å². The molecule has 2 aromatic heterocycles. The monoisotopic (exact) mass is 438 g/mol. The van der Waals surface area contributed by atoms with Gasteiger partial charge in [-0.2, -0.15) is 0 Å². The fourth-order valence-electron chi connectivity index (χ4n) is 3.21. The van der Waals surface area contributed by atoms with Crippen LogP contribution in [0, 0.1) is 0 Å². The molecule has 0 radical (unpaired) electrons. The van der Waals surface area contributed by atoms with Crippen molar-refractivity contribution >= 4 is 46.3 Å². The molecule has 2 heterocycles. The summed E-state index contributed by atoms with van der Waals surface area (Å²) in [5.41, 5.74) is 2.91. The van der Waals surface area contributed by atoms with E-state index in [-0.39, 0.29) is 4.91 Å². The summed E-state index contributed by atoms with van der Waals surface area (Å²) in [5.74, 6) is -0.296. The molecule has 0 fully saturated rings. The van der Waals surface area contributed by atoms with Crippen molar-refractivity contribution < 1.29 is 9.90 Å². The van der Waals surface area contributed by atoms with Crippen LogP contribution in [0.2, 0.25) is 5.02 Å². The first kappa shape index (κ1) is 20.3. The van der Waals surface area contributed by atoms with Crippen LogP contribution in [0.5, 0.6) is 0 Å². The highest BCUT2D eigenvalue weighted by molar-refractivity contribution is 8.04. The molecule has 0 aliphatic heterocycles. The van der Waals surface area contributed by atoms with Gasteiger partial charge in [-0.25, -0.2) is 9.78 Å². The van der Waals surface area contributed by atoms with Gasteiger partial charge >= 0.3 is 5.97 Å². The molecular formula is C22H19ClN4O2S. The number of rotatable bonds is 7. The fraction of sp³-hybridized carbons (Fsp3) is 0.136. The number of benzene rings is 2. The van der Waals surface area contributed by atoms with Gasteiger partial charge < -0.3 is 9.67 Å². The molecule has 2 N–H and O–H groups in total. The second kappa shape index (κ2) is 8.77. The summed E-state index contributed by atoms with van der Waals surface area (Å²) in [5, 5.41) is 18.7. The van der Waals surface area contributed by atoms with Gasteiger partial charge in [-0.3, -0.25) is 5.10 Å². The molecule has 4 rings (SSSR count). The molecular weight excluding hydrogens is 420 g/mol. The quantitative estimate of drug-likeness (QED) is 0.304. The Hall–Kier alpha value is -3.03. The van der Waals surface area contributed by atoms with Crippen LogP contribution in [-0.4, -0.2) is 30.8 Å². The van der Waals surface area contributed by atoms with Crippen LogP contribution in [-0.2, 0) is 17.8 Å². The lowest BCUT2D eigenvalue weighted by Crippen LogP contribution is -1.98. The van der Waals surface area contributed by atoms with Gasteiger partial charge in [-0.1, -0.05) is 48.9 Å². The zero-order valence-electron chi connectivity index (χ0n) is 16.2. The van der Waals surface area contributed by atoms with E-state index in [9.17, 15) is 9.90 Å². The number of fused-ring (bicyclic) bond motifs is 1. The molecule has 0 aliphatic rings. The highest BCUT2D eigenvalue weighted by Gasteiger charge is 2.15. The molecule has 0 unspecified atom stereocenters. The van der Waals surface area contributed by atoms with Crippen molar-refractivity contribution in [2.75, 3.05) is 0 Å². The van der Waals surface area contributed by atoms with Crippen molar-refractivity contribution in [3.05, 3.63) is 81.6 Å². The fourth-order valence-corrected chi connectivity index (χ4v) is 4.14. The average molecular weight is 439 g/mol. The molecule has 2 aromatic carbocycles. The maximum atomic E-state index is 11.9. The van der Waals surface area contributed by atoms with E-state index in [2.05, 4.69) is 19.7 Å². The summed E-state index contributed by atoms with van der Waals surface area (Å²) in [4.78, 5) is 16.3. The van der Waals surface area contributed by atoms with Gasteiger partial charge in [0.2, 0.25) is 5.16 Å². The van der Waals surface area contributed by atoms with Crippen LogP contribution in [0.15, 0.2) is 64.8 Å². The Labute approximate surface area is 182 Å². The van der Waals surface area contributed by atoms with Crippen LogP contribution >= 0.6 is 23.4 Å². The van der Waals surface area contributed by atoms with Crippen LogP contribution < -0.4 is 0 Å². The Morgan fingerprint density at radius 2 is 2.10 bits per heavy atom. The maximum Gasteiger partial charge on any atom is 0.342 e. The van der Waals surface area contributed by atoms with E-state index in [4.69, 9.17) is 11.6 Å². The number of carbonyl (C=O) groups is 1. The highest BCUT2D eigenvalue weighted by Crippen LogP contribution is 2.30. The van der Waals surface area contributed by atoms with Crippen molar-refractivity contribution in [1.82, 2.24) is 19.7 Å². The maximum absolute atomic E-state index is 11.9. The molecule has 0 atom stereocenters. The van der Waals surface area contributed by atoms with Gasteiger partial charge in [-0.15, -0.1) is 5.10 Å². The van der Waals surface area contributed by atoms with Crippen molar-refractivity contribution in [3.63, 3.8) is 0 Å². The minimum absolute atomic E-state index is 0.155. The molecule has 0 amide bonds. The number of H-pyrrole nitrogens is 1. The van der Waals surface area contributed by atoms with Gasteiger partial charge in [0.15, 0.2) is 0 Å². The lowest BCUT2D eigenvalue weighted by atomic mass is 10.1. The first-order chi connectivity index (χ1) is 14.5. The largest absolute Gasteiger partial charge is 0.477 e. The van der Waals surface area contributed by atoms with Crippen LogP contribution in [0.25, 0.3) is 17.0 Å². The lowest BCUT2D eigenvalue weighted by molar-refractivity contribution is -0.131. The standard InChI is InChI=1S/C22H19ClN4O2S/c1-2-20-24-22(26-25-20)30-19(21(28)29)11-15-13-27(18-9-4-3-8-17(15)18)12-14-6-5-7-16(23)10-14/h3-11,13H,2,12H2,1H3,(H,28,29)(H,24,25,26)/b19-11-. The minimum Gasteiger partial charge on any atom is -0.477 e. The molecule has 30 heavy (non-hydrogen) atoms. The Balaban J connectivity index is 1.72. The number of aliphatic carboxylic acids is 1. The minimum atomic E-state index is -1.02. The predicted molar refractivity (Wildman–Crippen MR) is 120 cm³/mol. The molecule has 0 bridgehead atoms. The van der Waals surface area contributed by atoms with E-state index < -0.39 is 5.97 Å². The normalized spacial score (nSPS) is 11.9. The number of aromatic nitrogens is 4. The molecule has 0 aliphatic carbocycles. The average Bonchev–Trinajstić information content (AvgIpc) is 3.32. The third kappa shape index (κ3) is 4.42. The number of nitrogens with one attached hydrogen (secondary N) is 1. The van der Waals surface area contributed by atoms with Crippen molar-refractivity contribution in [2.45, 2.75) is 25.0 Å². The number of aromatic amines is 1. The molecule has 0 spiro atoms. The van der Waals surface area contributed by atoms with Crippen LogP contribution in [0.4, 0.5) is 0 Å². The molecule has 0 saturated carbocycles.